The van der Waals surface area contributed by atoms with Crippen LogP contribution in [0.2, 0.25) is 0 Å². The molecule has 80 valence electrons. The molecule has 1 heterocycles. The number of nitrogens with one attached hydrogen (secondary N) is 1. The highest BCUT2D eigenvalue weighted by molar-refractivity contribution is 4.84. The van der Waals surface area contributed by atoms with Crippen molar-refractivity contribution in [1.29, 1.82) is 0 Å². The van der Waals surface area contributed by atoms with Gasteiger partial charge in [-0.15, -0.1) is 0 Å². The van der Waals surface area contributed by atoms with Gasteiger partial charge >= 0.3 is 0 Å². The van der Waals surface area contributed by atoms with Crippen LogP contribution in [0.25, 0.3) is 0 Å². The molecule has 1 N–H and O–H groups in total. The first kappa shape index (κ1) is 10.0. The van der Waals surface area contributed by atoms with Crippen LogP contribution in [-0.2, 0) is 4.74 Å². The molecular weight excluding hydrogens is 174 g/mol. The third-order valence-corrected chi connectivity index (χ3v) is 3.10. The molecule has 0 saturated heterocycles. The average Bonchev–Trinajstić information content (AvgIpc) is 3.00. The van der Waals surface area contributed by atoms with Crippen molar-refractivity contribution in [1.82, 2.24) is 5.32 Å². The molecule has 14 heavy (non-hydrogen) atoms. The van der Waals surface area contributed by atoms with Crippen molar-refractivity contribution in [3.63, 3.8) is 0 Å². The molecule has 0 bridgehead atoms. The third-order valence-electron chi connectivity index (χ3n) is 3.10. The number of ether oxygens (including phenoxy) is 1. The monoisotopic (exact) mass is 195 g/mol. The first-order valence-corrected chi connectivity index (χ1v) is 5.88. The van der Waals surface area contributed by atoms with Crippen LogP contribution in [0.15, 0.2) is 12.3 Å². The molecular formula is C12H21NO. The predicted octanol–water partition coefficient (Wildman–Crippen LogP) is 2.46. The molecule has 1 aliphatic carbocycles. The summed E-state index contributed by atoms with van der Waals surface area (Å²) in [6, 6.07) is 0.664. The van der Waals surface area contributed by atoms with Crippen LogP contribution in [0.1, 0.15) is 39.0 Å². The van der Waals surface area contributed by atoms with Gasteiger partial charge in [0.2, 0.25) is 0 Å². The van der Waals surface area contributed by atoms with Crippen LogP contribution in [0.3, 0.4) is 0 Å². The van der Waals surface area contributed by atoms with Gasteiger partial charge in [-0.05, 0) is 38.2 Å². The summed E-state index contributed by atoms with van der Waals surface area (Å²) in [6.07, 6.45) is 10.9. The Hall–Kier alpha value is -0.500. The molecule has 0 aromatic rings. The van der Waals surface area contributed by atoms with Gasteiger partial charge in [-0.1, -0.05) is 12.8 Å². The summed E-state index contributed by atoms with van der Waals surface area (Å²) in [5.74, 6) is 1.02. The molecule has 2 unspecified atom stereocenters. The Morgan fingerprint density at radius 1 is 1.43 bits per heavy atom. The largest absolute Gasteiger partial charge is 0.497 e. The van der Waals surface area contributed by atoms with Crippen molar-refractivity contribution in [3.05, 3.63) is 12.3 Å². The number of allylic oxidation sites excluding steroid dienone is 1. The lowest BCUT2D eigenvalue weighted by molar-refractivity contribution is 0.119. The predicted molar refractivity (Wildman–Crippen MR) is 58.1 cm³/mol. The molecule has 1 saturated carbocycles. The molecule has 0 spiro atoms. The number of rotatable bonds is 5. The zero-order valence-corrected chi connectivity index (χ0v) is 9.04. The van der Waals surface area contributed by atoms with Crippen molar-refractivity contribution >= 4 is 0 Å². The van der Waals surface area contributed by atoms with E-state index in [9.17, 15) is 0 Å². The molecule has 0 radical (unpaired) electrons. The second-order valence-corrected chi connectivity index (χ2v) is 4.70. The van der Waals surface area contributed by atoms with Crippen molar-refractivity contribution in [2.75, 3.05) is 6.54 Å². The van der Waals surface area contributed by atoms with Crippen LogP contribution in [0.5, 0.6) is 0 Å². The highest BCUT2D eigenvalue weighted by Crippen LogP contribution is 2.33. The van der Waals surface area contributed by atoms with Gasteiger partial charge in [0.25, 0.3) is 0 Å². The topological polar surface area (TPSA) is 21.3 Å². The summed E-state index contributed by atoms with van der Waals surface area (Å²) < 4.78 is 5.51. The van der Waals surface area contributed by atoms with Crippen molar-refractivity contribution < 1.29 is 4.74 Å². The highest BCUT2D eigenvalue weighted by Gasteiger charge is 2.23. The molecule has 0 aromatic carbocycles. The minimum absolute atomic E-state index is 0.404. The van der Waals surface area contributed by atoms with Crippen LogP contribution >= 0.6 is 0 Å². The van der Waals surface area contributed by atoms with Gasteiger partial charge in [0.1, 0.15) is 6.10 Å². The van der Waals surface area contributed by atoms with E-state index in [4.69, 9.17) is 4.74 Å². The van der Waals surface area contributed by atoms with Gasteiger partial charge in [0, 0.05) is 12.6 Å². The summed E-state index contributed by atoms with van der Waals surface area (Å²) in [5, 5.41) is 3.56. The molecule has 2 heteroatoms. The first-order chi connectivity index (χ1) is 6.84. The molecule has 1 fully saturated rings. The maximum absolute atomic E-state index is 5.51. The van der Waals surface area contributed by atoms with Crippen LogP contribution in [-0.4, -0.2) is 18.7 Å². The Kier molecular flexibility index (Phi) is 3.46. The molecule has 2 nitrogen and oxygen atoms in total. The van der Waals surface area contributed by atoms with Crippen molar-refractivity contribution in [3.8, 4) is 0 Å². The molecule has 2 aliphatic rings. The van der Waals surface area contributed by atoms with Gasteiger partial charge in [0.05, 0.1) is 6.26 Å². The quantitative estimate of drug-likeness (QED) is 0.727. The molecule has 1 aliphatic heterocycles. The average molecular weight is 195 g/mol. The van der Waals surface area contributed by atoms with Crippen LogP contribution in [0.4, 0.5) is 0 Å². The fraction of sp³-hybridized carbons (Fsp3) is 0.833. The fourth-order valence-electron chi connectivity index (χ4n) is 2.00. The smallest absolute Gasteiger partial charge is 0.110 e. The van der Waals surface area contributed by atoms with Gasteiger partial charge in [-0.3, -0.25) is 0 Å². The Morgan fingerprint density at radius 3 is 2.93 bits per heavy atom. The van der Waals surface area contributed by atoms with Crippen molar-refractivity contribution in [2.45, 2.75) is 51.2 Å². The SMILES string of the molecule is CC(CC1CC1)NCC1CCC=CO1. The molecule has 0 amide bonds. The number of hydrogen-bond acceptors (Lipinski definition) is 2. The normalized spacial score (nSPS) is 28.5. The summed E-state index contributed by atoms with van der Waals surface area (Å²) in [5.41, 5.74) is 0. The van der Waals surface area contributed by atoms with E-state index in [2.05, 4.69) is 18.3 Å². The maximum Gasteiger partial charge on any atom is 0.110 e. The Morgan fingerprint density at radius 2 is 2.29 bits per heavy atom. The maximum atomic E-state index is 5.51. The Bertz CT molecular complexity index is 198. The van der Waals surface area contributed by atoms with Crippen LogP contribution < -0.4 is 5.32 Å². The van der Waals surface area contributed by atoms with Gasteiger partial charge < -0.3 is 10.1 Å². The van der Waals surface area contributed by atoms with Gasteiger partial charge in [-0.25, -0.2) is 0 Å². The summed E-state index contributed by atoms with van der Waals surface area (Å²) in [4.78, 5) is 0. The van der Waals surface area contributed by atoms with Gasteiger partial charge in [0.15, 0.2) is 0 Å². The van der Waals surface area contributed by atoms with Crippen LogP contribution in [0, 0.1) is 5.92 Å². The van der Waals surface area contributed by atoms with E-state index in [0.717, 1.165) is 12.5 Å². The first-order valence-electron chi connectivity index (χ1n) is 5.88. The molecule has 2 rings (SSSR count). The summed E-state index contributed by atoms with van der Waals surface area (Å²) in [6.45, 7) is 3.30. The highest BCUT2D eigenvalue weighted by atomic mass is 16.5. The Balaban J connectivity index is 1.58. The molecule has 0 aromatic heterocycles. The Labute approximate surface area is 86.7 Å². The third kappa shape index (κ3) is 3.33. The number of hydrogen-bond donors (Lipinski definition) is 1. The minimum Gasteiger partial charge on any atom is -0.497 e. The lowest BCUT2D eigenvalue weighted by Gasteiger charge is -2.22. The lowest BCUT2D eigenvalue weighted by atomic mass is 10.1. The second kappa shape index (κ2) is 4.83. The lowest BCUT2D eigenvalue weighted by Crippen LogP contribution is -2.35. The van der Waals surface area contributed by atoms with Crippen molar-refractivity contribution in [2.24, 2.45) is 5.92 Å². The zero-order chi connectivity index (χ0) is 9.80. The summed E-state index contributed by atoms with van der Waals surface area (Å²) >= 11 is 0. The van der Waals surface area contributed by atoms with E-state index in [1.54, 1.807) is 0 Å². The van der Waals surface area contributed by atoms with E-state index < -0.39 is 0 Å². The minimum atomic E-state index is 0.404. The van der Waals surface area contributed by atoms with E-state index in [0.29, 0.717) is 12.1 Å². The second-order valence-electron chi connectivity index (χ2n) is 4.70. The van der Waals surface area contributed by atoms with E-state index in [1.807, 2.05) is 6.26 Å². The van der Waals surface area contributed by atoms with Gasteiger partial charge in [-0.2, -0.15) is 0 Å². The van der Waals surface area contributed by atoms with E-state index >= 15 is 0 Å². The van der Waals surface area contributed by atoms with E-state index in [1.165, 1.54) is 32.1 Å². The zero-order valence-electron chi connectivity index (χ0n) is 9.04. The standard InChI is InChI=1S/C12H21NO/c1-10(8-11-5-6-11)13-9-12-4-2-3-7-14-12/h3,7,10-13H,2,4-6,8-9H2,1H3. The molecule has 2 atom stereocenters. The summed E-state index contributed by atoms with van der Waals surface area (Å²) in [7, 11) is 0. The van der Waals surface area contributed by atoms with E-state index in [-0.39, 0.29) is 0 Å². The fourth-order valence-corrected chi connectivity index (χ4v) is 2.00.